The van der Waals surface area contributed by atoms with Crippen LogP contribution < -0.4 is 0 Å². The highest BCUT2D eigenvalue weighted by atomic mass is 14.3. The zero-order valence-electron chi connectivity index (χ0n) is 15.2. The third kappa shape index (κ3) is 7.47. The van der Waals surface area contributed by atoms with Gasteiger partial charge in [-0.25, -0.2) is 0 Å². The molecule has 1 rings (SSSR count). The quantitative estimate of drug-likeness (QED) is 0.330. The molecule has 0 heterocycles. The van der Waals surface area contributed by atoms with E-state index in [1.807, 2.05) is 0 Å². The molecule has 2 atom stereocenters. The van der Waals surface area contributed by atoms with E-state index in [9.17, 15) is 0 Å². The van der Waals surface area contributed by atoms with Gasteiger partial charge in [0.2, 0.25) is 0 Å². The van der Waals surface area contributed by atoms with E-state index in [0.717, 1.165) is 11.8 Å². The van der Waals surface area contributed by atoms with Crippen molar-refractivity contribution in [2.45, 2.75) is 97.3 Å². The van der Waals surface area contributed by atoms with Gasteiger partial charge in [0.05, 0.1) is 0 Å². The van der Waals surface area contributed by atoms with E-state index in [0.29, 0.717) is 0 Å². The number of hydrogen-bond donors (Lipinski definition) is 0. The van der Waals surface area contributed by atoms with E-state index in [1.54, 1.807) is 0 Å². The third-order valence-electron chi connectivity index (χ3n) is 4.91. The lowest BCUT2D eigenvalue weighted by molar-refractivity contribution is 0.333. The van der Waals surface area contributed by atoms with Crippen LogP contribution in [0.4, 0.5) is 0 Å². The van der Waals surface area contributed by atoms with Crippen molar-refractivity contribution in [3.63, 3.8) is 0 Å². The van der Waals surface area contributed by atoms with Gasteiger partial charge in [-0.05, 0) is 36.3 Å². The number of unbranched alkanes of at least 4 members (excludes halogenated alkanes) is 5. The van der Waals surface area contributed by atoms with Crippen LogP contribution in [0.1, 0.15) is 103 Å². The highest BCUT2D eigenvalue weighted by molar-refractivity contribution is 5.19. The van der Waals surface area contributed by atoms with E-state index in [1.165, 1.54) is 76.2 Å². The lowest BCUT2D eigenvalue weighted by atomic mass is 9.77. The highest BCUT2D eigenvalue weighted by Gasteiger charge is 2.21. The van der Waals surface area contributed by atoms with Gasteiger partial charge in [-0.3, -0.25) is 0 Å². The Morgan fingerprint density at radius 3 is 2.18 bits per heavy atom. The number of hydrogen-bond acceptors (Lipinski definition) is 0. The van der Waals surface area contributed by atoms with Crippen molar-refractivity contribution in [3.05, 3.63) is 35.9 Å². The highest BCUT2D eigenvalue weighted by Crippen LogP contribution is 2.36. The van der Waals surface area contributed by atoms with Crippen LogP contribution in [-0.2, 0) is 0 Å². The molecule has 0 nitrogen and oxygen atoms in total. The molecule has 0 amide bonds. The molecule has 0 N–H and O–H groups in total. The minimum atomic E-state index is 0.731. The van der Waals surface area contributed by atoms with Crippen molar-refractivity contribution in [1.82, 2.24) is 0 Å². The van der Waals surface area contributed by atoms with Crippen molar-refractivity contribution >= 4 is 0 Å². The molecule has 125 valence electrons. The van der Waals surface area contributed by atoms with E-state index in [4.69, 9.17) is 0 Å². The number of rotatable bonds is 13. The summed E-state index contributed by atoms with van der Waals surface area (Å²) in [5.74, 6) is 1.59. The summed E-state index contributed by atoms with van der Waals surface area (Å²) in [6, 6.07) is 12.2. The summed E-state index contributed by atoms with van der Waals surface area (Å²) in [5, 5.41) is 0. The lowest BCUT2D eigenvalue weighted by Crippen LogP contribution is -2.14. The van der Waals surface area contributed by atoms with Crippen molar-refractivity contribution < 1.29 is 0 Å². The molecule has 0 heteroatoms. The first-order valence-corrected chi connectivity index (χ1v) is 9.80. The first-order chi connectivity index (χ1) is 10.8. The van der Waals surface area contributed by atoms with Crippen LogP contribution in [-0.4, -0.2) is 0 Å². The second kappa shape index (κ2) is 12.7. The summed E-state index contributed by atoms with van der Waals surface area (Å²) in [6.07, 6.45) is 15.1. The second-order valence-electron chi connectivity index (χ2n) is 6.82. The fraction of sp³-hybridized carbons (Fsp3) is 0.727. The molecule has 0 saturated carbocycles. The topological polar surface area (TPSA) is 0 Å². The summed E-state index contributed by atoms with van der Waals surface area (Å²) in [4.78, 5) is 0. The van der Waals surface area contributed by atoms with Crippen molar-refractivity contribution in [2.75, 3.05) is 0 Å². The molecule has 1 aromatic carbocycles. The van der Waals surface area contributed by atoms with Gasteiger partial charge in [-0.1, -0.05) is 103 Å². The zero-order chi connectivity index (χ0) is 16.0. The van der Waals surface area contributed by atoms with Gasteiger partial charge in [-0.2, -0.15) is 0 Å². The molecule has 0 bridgehead atoms. The first kappa shape index (κ1) is 19.3. The molecule has 2 unspecified atom stereocenters. The van der Waals surface area contributed by atoms with E-state index in [2.05, 4.69) is 51.1 Å². The fourth-order valence-corrected chi connectivity index (χ4v) is 3.63. The minimum absolute atomic E-state index is 0.731. The van der Waals surface area contributed by atoms with Crippen LogP contribution in [0.25, 0.3) is 0 Å². The van der Waals surface area contributed by atoms with Crippen LogP contribution in [0.5, 0.6) is 0 Å². The SMILES string of the molecule is CCCCCCCC(c1[c]cccc1)C(CCC)CCCC. The molecule has 1 aromatic rings. The summed E-state index contributed by atoms with van der Waals surface area (Å²) in [5.41, 5.74) is 1.47. The van der Waals surface area contributed by atoms with Crippen LogP contribution >= 0.6 is 0 Å². The van der Waals surface area contributed by atoms with Gasteiger partial charge in [0.1, 0.15) is 0 Å². The molecule has 0 aliphatic heterocycles. The summed E-state index contributed by atoms with van der Waals surface area (Å²) in [7, 11) is 0. The monoisotopic (exact) mass is 301 g/mol. The normalized spacial score (nSPS) is 14.0. The predicted octanol–water partition coefficient (Wildman–Crippen LogP) is 7.54. The van der Waals surface area contributed by atoms with E-state index in [-0.39, 0.29) is 0 Å². The van der Waals surface area contributed by atoms with Crippen LogP contribution in [0.15, 0.2) is 24.3 Å². The van der Waals surface area contributed by atoms with Gasteiger partial charge in [0.25, 0.3) is 0 Å². The van der Waals surface area contributed by atoms with Gasteiger partial charge in [0.15, 0.2) is 0 Å². The van der Waals surface area contributed by atoms with Gasteiger partial charge in [-0.15, -0.1) is 0 Å². The third-order valence-corrected chi connectivity index (χ3v) is 4.91. The first-order valence-electron chi connectivity index (χ1n) is 9.80. The average Bonchev–Trinajstić information content (AvgIpc) is 2.56. The van der Waals surface area contributed by atoms with Crippen LogP contribution in [0.3, 0.4) is 0 Å². The summed E-state index contributed by atoms with van der Waals surface area (Å²) in [6.45, 7) is 6.95. The molecule has 0 aliphatic carbocycles. The average molecular weight is 302 g/mol. The predicted molar refractivity (Wildman–Crippen MR) is 99.3 cm³/mol. The standard InChI is InChI=1S/C22H37/c1-4-7-9-10-14-19-22(21-17-12-11-13-18-21)20(15-6-3)16-8-5-2/h11-13,17,20,22H,4-10,14-16,19H2,1-3H3. The Kier molecular flexibility index (Phi) is 11.2. The van der Waals surface area contributed by atoms with Gasteiger partial charge in [0, 0.05) is 0 Å². The van der Waals surface area contributed by atoms with E-state index >= 15 is 0 Å². The lowest BCUT2D eigenvalue weighted by Gasteiger charge is -2.27. The maximum Gasteiger partial charge on any atom is -0.0127 e. The fourth-order valence-electron chi connectivity index (χ4n) is 3.63. The molecule has 1 radical (unpaired) electrons. The van der Waals surface area contributed by atoms with Crippen molar-refractivity contribution in [2.24, 2.45) is 5.92 Å². The van der Waals surface area contributed by atoms with E-state index < -0.39 is 0 Å². The zero-order valence-corrected chi connectivity index (χ0v) is 15.2. The Balaban J connectivity index is 2.66. The van der Waals surface area contributed by atoms with Crippen molar-refractivity contribution in [3.8, 4) is 0 Å². The maximum absolute atomic E-state index is 3.54. The molecule has 0 aromatic heterocycles. The molecular formula is C22H37. The summed E-state index contributed by atoms with van der Waals surface area (Å²) >= 11 is 0. The molecule has 0 aliphatic rings. The second-order valence-corrected chi connectivity index (χ2v) is 6.82. The Labute approximate surface area is 139 Å². The van der Waals surface area contributed by atoms with Crippen LogP contribution in [0, 0.1) is 12.0 Å². The van der Waals surface area contributed by atoms with Crippen LogP contribution in [0.2, 0.25) is 0 Å². The maximum atomic E-state index is 3.54. The Morgan fingerprint density at radius 2 is 1.55 bits per heavy atom. The summed E-state index contributed by atoms with van der Waals surface area (Å²) < 4.78 is 0. The van der Waals surface area contributed by atoms with Gasteiger partial charge >= 0.3 is 0 Å². The van der Waals surface area contributed by atoms with Crippen molar-refractivity contribution in [1.29, 1.82) is 0 Å². The van der Waals surface area contributed by atoms with Gasteiger partial charge < -0.3 is 0 Å². The smallest absolute Gasteiger partial charge is 0.0127 e. The Bertz CT molecular complexity index is 340. The molecule has 0 saturated heterocycles. The largest absolute Gasteiger partial charge is 0.0654 e. The molecule has 0 spiro atoms. The molecule has 0 fully saturated rings. The molecular weight excluding hydrogens is 264 g/mol. The Hall–Kier alpha value is -0.780. The minimum Gasteiger partial charge on any atom is -0.0654 e. The number of benzene rings is 1. The molecule has 22 heavy (non-hydrogen) atoms. The Morgan fingerprint density at radius 1 is 0.773 bits per heavy atom.